The predicted molar refractivity (Wildman–Crippen MR) is 67.1 cm³/mol. The van der Waals surface area contributed by atoms with Crippen molar-refractivity contribution >= 4 is 11.8 Å². The lowest BCUT2D eigenvalue weighted by Gasteiger charge is -2.20. The van der Waals surface area contributed by atoms with E-state index < -0.39 is 5.41 Å². The summed E-state index contributed by atoms with van der Waals surface area (Å²) in [5.74, 6) is -0.128. The number of esters is 1. The molecule has 106 valence electrons. The van der Waals surface area contributed by atoms with Crippen molar-refractivity contribution in [2.45, 2.75) is 40.5 Å². The number of hydrogen-bond acceptors (Lipinski definition) is 5. The second kappa shape index (κ2) is 9.05. The molecule has 0 saturated carbocycles. The molecule has 5 heteroatoms. The summed E-state index contributed by atoms with van der Waals surface area (Å²) < 4.78 is 15.2. The Morgan fingerprint density at radius 3 is 2.22 bits per heavy atom. The third kappa shape index (κ3) is 8.20. The molecule has 0 aromatic carbocycles. The number of carbonyl (C=O) groups is 2. The van der Waals surface area contributed by atoms with E-state index in [1.807, 2.05) is 20.8 Å². The van der Waals surface area contributed by atoms with E-state index in [9.17, 15) is 9.59 Å². The highest BCUT2D eigenvalue weighted by Gasteiger charge is 2.26. The van der Waals surface area contributed by atoms with Crippen LogP contribution in [0.4, 0.5) is 0 Å². The predicted octanol–water partition coefficient (Wildman–Crippen LogP) is 1.94. The van der Waals surface area contributed by atoms with Crippen LogP contribution in [-0.4, -0.2) is 38.4 Å². The minimum Gasteiger partial charge on any atom is -0.463 e. The van der Waals surface area contributed by atoms with Gasteiger partial charge in [0.2, 0.25) is 0 Å². The highest BCUT2D eigenvalue weighted by molar-refractivity contribution is 5.75. The molecular formula is C13H24O5. The quantitative estimate of drug-likeness (QED) is 0.341. The second-order valence-electron chi connectivity index (χ2n) is 4.76. The number of ketones is 1. The van der Waals surface area contributed by atoms with Gasteiger partial charge in [0.25, 0.3) is 0 Å². The molecule has 0 amide bonds. The molecule has 18 heavy (non-hydrogen) atoms. The maximum Gasteiger partial charge on any atom is 0.311 e. The third-order valence-corrected chi connectivity index (χ3v) is 2.66. The fraction of sp³-hybridized carbons (Fsp3) is 0.846. The summed E-state index contributed by atoms with van der Waals surface area (Å²) in [4.78, 5) is 22.2. The molecule has 0 saturated heterocycles. The van der Waals surface area contributed by atoms with Crippen LogP contribution in [0.25, 0.3) is 0 Å². The van der Waals surface area contributed by atoms with Crippen LogP contribution >= 0.6 is 0 Å². The van der Waals surface area contributed by atoms with Crippen molar-refractivity contribution in [2.75, 3.05) is 26.6 Å². The number of rotatable bonds is 10. The molecule has 0 unspecified atom stereocenters. The van der Waals surface area contributed by atoms with Gasteiger partial charge in [0.1, 0.15) is 19.2 Å². The van der Waals surface area contributed by atoms with E-state index in [4.69, 9.17) is 14.2 Å². The Labute approximate surface area is 109 Å². The summed E-state index contributed by atoms with van der Waals surface area (Å²) in [5, 5.41) is 0. The fourth-order valence-corrected chi connectivity index (χ4v) is 0.926. The zero-order valence-electron chi connectivity index (χ0n) is 11.8. The molecule has 0 aliphatic heterocycles. The summed E-state index contributed by atoms with van der Waals surface area (Å²) >= 11 is 0. The van der Waals surface area contributed by atoms with Crippen LogP contribution in [0.15, 0.2) is 0 Å². The SMILES string of the molecule is CCC(C)(C)C(=O)OCCOCOCCC(C)=O. The normalized spacial score (nSPS) is 11.3. The highest BCUT2D eigenvalue weighted by Crippen LogP contribution is 2.21. The Hall–Kier alpha value is -0.940. The maximum atomic E-state index is 11.6. The van der Waals surface area contributed by atoms with Crippen molar-refractivity contribution in [1.82, 2.24) is 0 Å². The van der Waals surface area contributed by atoms with Gasteiger partial charge in [-0.1, -0.05) is 6.92 Å². The number of hydrogen-bond donors (Lipinski definition) is 0. The van der Waals surface area contributed by atoms with E-state index in [0.29, 0.717) is 19.6 Å². The maximum absolute atomic E-state index is 11.6. The summed E-state index contributed by atoms with van der Waals surface area (Å²) in [7, 11) is 0. The van der Waals surface area contributed by atoms with Crippen LogP contribution in [0, 0.1) is 5.41 Å². The lowest BCUT2D eigenvalue weighted by atomic mass is 9.91. The van der Waals surface area contributed by atoms with E-state index in [-0.39, 0.29) is 25.2 Å². The van der Waals surface area contributed by atoms with Crippen molar-refractivity contribution in [1.29, 1.82) is 0 Å². The fourth-order valence-electron chi connectivity index (χ4n) is 0.926. The van der Waals surface area contributed by atoms with Crippen molar-refractivity contribution in [3.05, 3.63) is 0 Å². The van der Waals surface area contributed by atoms with E-state index in [2.05, 4.69) is 0 Å². The molecule has 0 atom stereocenters. The second-order valence-corrected chi connectivity index (χ2v) is 4.76. The van der Waals surface area contributed by atoms with Gasteiger partial charge >= 0.3 is 5.97 Å². The first-order chi connectivity index (χ1) is 8.40. The Balaban J connectivity index is 3.41. The van der Waals surface area contributed by atoms with Gasteiger partial charge in [0.15, 0.2) is 0 Å². The van der Waals surface area contributed by atoms with E-state index >= 15 is 0 Å². The van der Waals surface area contributed by atoms with Crippen LogP contribution in [-0.2, 0) is 23.8 Å². The number of ether oxygens (including phenoxy) is 3. The average molecular weight is 260 g/mol. The van der Waals surface area contributed by atoms with Crippen LogP contribution in [0.1, 0.15) is 40.5 Å². The highest BCUT2D eigenvalue weighted by atomic mass is 16.7. The number of carbonyl (C=O) groups excluding carboxylic acids is 2. The molecule has 0 aliphatic rings. The Morgan fingerprint density at radius 1 is 1.06 bits per heavy atom. The summed E-state index contributed by atoms with van der Waals surface area (Å²) in [5.41, 5.74) is -0.446. The molecular weight excluding hydrogens is 236 g/mol. The summed E-state index contributed by atoms with van der Waals surface area (Å²) in [6, 6.07) is 0. The molecule has 0 N–H and O–H groups in total. The van der Waals surface area contributed by atoms with Crippen LogP contribution in [0.5, 0.6) is 0 Å². The first-order valence-corrected chi connectivity index (χ1v) is 6.22. The first kappa shape index (κ1) is 17.1. The first-order valence-electron chi connectivity index (χ1n) is 6.22. The van der Waals surface area contributed by atoms with Gasteiger partial charge in [-0.15, -0.1) is 0 Å². The van der Waals surface area contributed by atoms with E-state index in [0.717, 1.165) is 6.42 Å². The molecule has 0 fully saturated rings. The number of Topliss-reactive ketones (excluding diaryl/α,β-unsaturated/α-hetero) is 1. The van der Waals surface area contributed by atoms with Crippen molar-refractivity contribution in [2.24, 2.45) is 5.41 Å². The molecule has 0 rings (SSSR count). The zero-order valence-corrected chi connectivity index (χ0v) is 11.8. The third-order valence-electron chi connectivity index (χ3n) is 2.66. The molecule has 0 radical (unpaired) electrons. The van der Waals surface area contributed by atoms with Crippen LogP contribution in [0.3, 0.4) is 0 Å². The Morgan fingerprint density at radius 2 is 1.67 bits per heavy atom. The molecule has 0 aromatic rings. The molecule has 0 heterocycles. The summed E-state index contributed by atoms with van der Waals surface area (Å²) in [6.07, 6.45) is 1.13. The molecule has 0 bridgehead atoms. The van der Waals surface area contributed by atoms with Gasteiger partial charge in [0.05, 0.1) is 18.6 Å². The Bertz CT molecular complexity index is 260. The van der Waals surface area contributed by atoms with Crippen molar-refractivity contribution in [3.63, 3.8) is 0 Å². The largest absolute Gasteiger partial charge is 0.463 e. The molecule has 0 aliphatic carbocycles. The van der Waals surface area contributed by atoms with Gasteiger partial charge < -0.3 is 14.2 Å². The zero-order chi connectivity index (χ0) is 14.0. The average Bonchev–Trinajstić information content (AvgIpc) is 2.31. The minimum absolute atomic E-state index is 0.0886. The van der Waals surface area contributed by atoms with Gasteiger partial charge in [-0.05, 0) is 27.2 Å². The lowest BCUT2D eigenvalue weighted by Crippen LogP contribution is -2.27. The van der Waals surface area contributed by atoms with Crippen LogP contribution in [0.2, 0.25) is 0 Å². The van der Waals surface area contributed by atoms with Gasteiger partial charge in [-0.25, -0.2) is 0 Å². The topological polar surface area (TPSA) is 61.8 Å². The van der Waals surface area contributed by atoms with Crippen molar-refractivity contribution in [3.8, 4) is 0 Å². The molecule has 5 nitrogen and oxygen atoms in total. The van der Waals surface area contributed by atoms with Gasteiger partial charge in [-0.2, -0.15) is 0 Å². The molecule has 0 spiro atoms. The van der Waals surface area contributed by atoms with Crippen molar-refractivity contribution < 1.29 is 23.8 Å². The van der Waals surface area contributed by atoms with Crippen LogP contribution < -0.4 is 0 Å². The van der Waals surface area contributed by atoms with E-state index in [1.165, 1.54) is 6.92 Å². The van der Waals surface area contributed by atoms with Gasteiger partial charge in [0, 0.05) is 6.42 Å². The molecule has 0 aromatic heterocycles. The van der Waals surface area contributed by atoms with Gasteiger partial charge in [-0.3, -0.25) is 9.59 Å². The Kier molecular flexibility index (Phi) is 8.58. The minimum atomic E-state index is -0.446. The standard InChI is InChI=1S/C13H24O5/c1-5-13(3,4)12(15)18-9-8-17-10-16-7-6-11(2)14/h5-10H2,1-4H3. The van der Waals surface area contributed by atoms with E-state index in [1.54, 1.807) is 0 Å². The smallest absolute Gasteiger partial charge is 0.311 e. The summed E-state index contributed by atoms with van der Waals surface area (Å²) in [6.45, 7) is 8.14. The lowest BCUT2D eigenvalue weighted by molar-refractivity contribution is -0.157. The monoisotopic (exact) mass is 260 g/mol.